The highest BCUT2D eigenvalue weighted by atomic mass is 28.4. The average molecular weight is 371 g/mol. The van der Waals surface area contributed by atoms with E-state index in [4.69, 9.17) is 10.8 Å². The van der Waals surface area contributed by atoms with Crippen molar-refractivity contribution >= 4 is 14.1 Å². The zero-order chi connectivity index (χ0) is 18.7. The summed E-state index contributed by atoms with van der Waals surface area (Å²) in [6, 6.07) is 0. The van der Waals surface area contributed by atoms with E-state index in [1.54, 1.807) is 5.57 Å². The molecule has 5 atom stereocenters. The maximum Gasteiger partial charge on any atom is 0.185 e. The Labute approximate surface area is 160 Å². The molecular formula is C23H34O2Si. The summed E-state index contributed by atoms with van der Waals surface area (Å²) in [7, 11) is -1.71. The minimum Gasteiger partial charge on any atom is -0.401 e. The second-order valence-corrected chi connectivity index (χ2v) is 14.9. The number of hydrogen-bond donors (Lipinski definition) is 0. The Morgan fingerprint density at radius 2 is 1.88 bits per heavy atom. The van der Waals surface area contributed by atoms with E-state index in [-0.39, 0.29) is 11.0 Å². The quantitative estimate of drug-likeness (QED) is 0.365. The maximum atomic E-state index is 11.9. The van der Waals surface area contributed by atoms with Crippen LogP contribution in [0.25, 0.3) is 0 Å². The summed E-state index contributed by atoms with van der Waals surface area (Å²) >= 11 is 0. The maximum absolute atomic E-state index is 11.9. The fraction of sp³-hybridized carbons (Fsp3) is 0.783. The van der Waals surface area contributed by atoms with E-state index in [0.717, 1.165) is 38.0 Å². The van der Waals surface area contributed by atoms with Gasteiger partial charge in [-0.25, -0.2) is 0 Å². The number of fused-ring (bicyclic) bond motifs is 4. The summed E-state index contributed by atoms with van der Waals surface area (Å²) in [4.78, 5) is 11.9. The van der Waals surface area contributed by atoms with Gasteiger partial charge in [-0.15, -0.1) is 6.42 Å². The van der Waals surface area contributed by atoms with Crippen LogP contribution in [0.15, 0.2) is 11.1 Å². The lowest BCUT2D eigenvalue weighted by Crippen LogP contribution is -2.55. The monoisotopic (exact) mass is 370 g/mol. The Bertz CT molecular complexity index is 694. The minimum atomic E-state index is -1.71. The third kappa shape index (κ3) is 2.68. The van der Waals surface area contributed by atoms with Gasteiger partial charge in [-0.2, -0.15) is 0 Å². The van der Waals surface area contributed by atoms with Crippen LogP contribution in [0.4, 0.5) is 0 Å². The van der Waals surface area contributed by atoms with Gasteiger partial charge in [-0.1, -0.05) is 24.0 Å². The van der Waals surface area contributed by atoms with Gasteiger partial charge in [0.25, 0.3) is 0 Å². The molecule has 0 aliphatic heterocycles. The molecule has 3 heteroatoms. The molecule has 0 bridgehead atoms. The smallest absolute Gasteiger partial charge is 0.185 e. The highest BCUT2D eigenvalue weighted by Crippen LogP contribution is 2.65. The first-order chi connectivity index (χ1) is 12.2. The predicted molar refractivity (Wildman–Crippen MR) is 108 cm³/mol. The standard InChI is InChI=1S/C23H34O2Si/c1-6-23(25-26(3,4)5)14-12-21-20-9-7-16-15-17(24)8-10-18(16)19(20)11-13-22(21,23)2/h1,19-21H,7-15H2,2-5H3/t19-,20-,21+,22+,23-/m1/s1. The van der Waals surface area contributed by atoms with Crippen LogP contribution in [0.5, 0.6) is 0 Å². The fourth-order valence-corrected chi connectivity index (χ4v) is 8.45. The molecule has 4 aliphatic rings. The van der Waals surface area contributed by atoms with Gasteiger partial charge in [0.2, 0.25) is 0 Å². The van der Waals surface area contributed by atoms with Crippen LogP contribution < -0.4 is 0 Å². The largest absolute Gasteiger partial charge is 0.401 e. The number of Topliss-reactive ketones (excluding diaryl/α,β-unsaturated/α-hetero) is 1. The van der Waals surface area contributed by atoms with Crippen molar-refractivity contribution in [1.29, 1.82) is 0 Å². The normalized spacial score (nSPS) is 42.7. The summed E-state index contributed by atoms with van der Waals surface area (Å²) < 4.78 is 6.75. The zero-order valence-electron chi connectivity index (χ0n) is 17.0. The number of allylic oxidation sites excluding steroid dienone is 2. The van der Waals surface area contributed by atoms with Crippen molar-refractivity contribution in [3.8, 4) is 12.3 Å². The van der Waals surface area contributed by atoms with Gasteiger partial charge in [-0.05, 0) is 82.3 Å². The molecule has 0 spiro atoms. The van der Waals surface area contributed by atoms with Crippen LogP contribution in [-0.4, -0.2) is 19.7 Å². The van der Waals surface area contributed by atoms with Crippen molar-refractivity contribution in [2.75, 3.05) is 0 Å². The topological polar surface area (TPSA) is 26.3 Å². The molecule has 26 heavy (non-hydrogen) atoms. The molecule has 2 fully saturated rings. The van der Waals surface area contributed by atoms with E-state index in [1.165, 1.54) is 31.3 Å². The number of carbonyl (C=O) groups is 1. The molecule has 0 heterocycles. The van der Waals surface area contributed by atoms with Gasteiger partial charge < -0.3 is 4.43 Å². The molecule has 0 unspecified atom stereocenters. The van der Waals surface area contributed by atoms with Crippen molar-refractivity contribution in [1.82, 2.24) is 0 Å². The van der Waals surface area contributed by atoms with Gasteiger partial charge in [0, 0.05) is 18.3 Å². The van der Waals surface area contributed by atoms with Crippen molar-refractivity contribution < 1.29 is 9.22 Å². The first kappa shape index (κ1) is 18.5. The van der Waals surface area contributed by atoms with Gasteiger partial charge in [0.05, 0.1) is 0 Å². The molecule has 0 N–H and O–H groups in total. The second kappa shape index (κ2) is 6.08. The van der Waals surface area contributed by atoms with Crippen molar-refractivity contribution in [2.24, 2.45) is 23.2 Å². The Morgan fingerprint density at radius 1 is 1.12 bits per heavy atom. The summed E-state index contributed by atoms with van der Waals surface area (Å²) in [5.74, 6) is 5.79. The molecule has 0 amide bonds. The SMILES string of the molecule is C#C[C@@]1(O[Si](C)(C)C)CC[C@H]2[C@@H]3CCC4=C(CCC(=O)C4)[C@H]3CC[C@@]21C. The molecule has 0 aromatic rings. The molecule has 142 valence electrons. The Hall–Kier alpha value is -0.853. The van der Waals surface area contributed by atoms with Crippen molar-refractivity contribution in [3.63, 3.8) is 0 Å². The summed E-state index contributed by atoms with van der Waals surface area (Å²) in [6.07, 6.45) is 15.8. The zero-order valence-corrected chi connectivity index (χ0v) is 18.0. The first-order valence-electron chi connectivity index (χ1n) is 10.6. The molecule has 4 rings (SSSR count). The summed E-state index contributed by atoms with van der Waals surface area (Å²) in [5.41, 5.74) is 2.94. The van der Waals surface area contributed by atoms with Crippen LogP contribution in [-0.2, 0) is 9.22 Å². The average Bonchev–Trinajstić information content (AvgIpc) is 2.86. The van der Waals surface area contributed by atoms with Crippen LogP contribution in [0.2, 0.25) is 19.6 Å². The third-order valence-corrected chi connectivity index (χ3v) is 9.00. The lowest BCUT2D eigenvalue weighted by Gasteiger charge is -2.55. The van der Waals surface area contributed by atoms with Crippen molar-refractivity contribution in [3.05, 3.63) is 11.1 Å². The number of ketones is 1. The Balaban J connectivity index is 1.65. The van der Waals surface area contributed by atoms with Crippen LogP contribution in [0.1, 0.15) is 64.7 Å². The number of carbonyl (C=O) groups excluding carboxylic acids is 1. The predicted octanol–water partition coefficient (Wildman–Crippen LogP) is 5.50. The highest BCUT2D eigenvalue weighted by Gasteiger charge is 2.63. The second-order valence-electron chi connectivity index (χ2n) is 10.4. The number of hydrogen-bond acceptors (Lipinski definition) is 2. The van der Waals surface area contributed by atoms with Gasteiger partial charge in [0.1, 0.15) is 11.4 Å². The number of rotatable bonds is 2. The molecule has 4 aliphatic carbocycles. The lowest BCUT2D eigenvalue weighted by atomic mass is 9.52. The number of terminal acetylenes is 1. The van der Waals surface area contributed by atoms with Gasteiger partial charge >= 0.3 is 0 Å². The van der Waals surface area contributed by atoms with Crippen molar-refractivity contribution in [2.45, 2.75) is 90.0 Å². The minimum absolute atomic E-state index is 0.117. The molecule has 0 radical (unpaired) electrons. The van der Waals surface area contributed by atoms with Gasteiger partial charge in [-0.3, -0.25) is 4.79 Å². The molecule has 0 aromatic heterocycles. The summed E-state index contributed by atoms with van der Waals surface area (Å²) in [5, 5.41) is 0. The Kier molecular flexibility index (Phi) is 4.32. The highest BCUT2D eigenvalue weighted by molar-refractivity contribution is 6.69. The molecule has 2 nitrogen and oxygen atoms in total. The van der Waals surface area contributed by atoms with E-state index in [9.17, 15) is 4.79 Å². The van der Waals surface area contributed by atoms with E-state index in [1.807, 2.05) is 0 Å². The van der Waals surface area contributed by atoms with E-state index in [0.29, 0.717) is 17.6 Å². The van der Waals surface area contributed by atoms with E-state index >= 15 is 0 Å². The van der Waals surface area contributed by atoms with Crippen LogP contribution >= 0.6 is 0 Å². The molecule has 2 saturated carbocycles. The summed E-state index contributed by atoms with van der Waals surface area (Å²) in [6.45, 7) is 9.25. The fourth-order valence-electron chi connectivity index (χ4n) is 7.01. The van der Waals surface area contributed by atoms with E-state index in [2.05, 4.69) is 32.5 Å². The third-order valence-electron chi connectivity index (χ3n) is 8.04. The lowest BCUT2D eigenvalue weighted by molar-refractivity contribution is -0.119. The Morgan fingerprint density at radius 3 is 2.58 bits per heavy atom. The molecule has 0 aromatic carbocycles. The molecular weight excluding hydrogens is 336 g/mol. The van der Waals surface area contributed by atoms with E-state index < -0.39 is 8.32 Å². The van der Waals surface area contributed by atoms with Gasteiger partial charge in [0.15, 0.2) is 8.32 Å². The first-order valence-corrected chi connectivity index (χ1v) is 14.0. The van der Waals surface area contributed by atoms with Crippen LogP contribution in [0, 0.1) is 35.5 Å². The van der Waals surface area contributed by atoms with Crippen LogP contribution in [0.3, 0.4) is 0 Å². The molecule has 0 saturated heterocycles.